The lowest BCUT2D eigenvalue weighted by atomic mass is 9.84. The third kappa shape index (κ3) is 7.24. The molecular weight excluding hydrogens is 416 g/mol. The van der Waals surface area contributed by atoms with E-state index < -0.39 is 0 Å². The van der Waals surface area contributed by atoms with E-state index in [1.807, 2.05) is 12.1 Å². The number of carbonyl (C=O) groups excluding carboxylic acids is 2. The quantitative estimate of drug-likeness (QED) is 0.399. The summed E-state index contributed by atoms with van der Waals surface area (Å²) in [7, 11) is 3.16. The van der Waals surface area contributed by atoms with E-state index in [1.165, 1.54) is 0 Å². The third-order valence-corrected chi connectivity index (χ3v) is 5.84. The van der Waals surface area contributed by atoms with Crippen LogP contribution in [0.1, 0.15) is 87.2 Å². The van der Waals surface area contributed by atoms with Gasteiger partial charge >= 0.3 is 0 Å². The lowest BCUT2D eigenvalue weighted by Gasteiger charge is -2.25. The van der Waals surface area contributed by atoms with Crippen molar-refractivity contribution < 1.29 is 19.4 Å². The van der Waals surface area contributed by atoms with Crippen molar-refractivity contribution in [2.24, 2.45) is 0 Å². The molecule has 0 saturated carbocycles. The van der Waals surface area contributed by atoms with Crippen molar-refractivity contribution in [1.82, 2.24) is 5.32 Å². The van der Waals surface area contributed by atoms with Gasteiger partial charge in [-0.3, -0.25) is 9.59 Å². The number of aromatic hydroxyl groups is 1. The molecule has 33 heavy (non-hydrogen) atoms. The van der Waals surface area contributed by atoms with Gasteiger partial charge in [0.1, 0.15) is 11.5 Å². The zero-order valence-electron chi connectivity index (χ0n) is 20.7. The number of benzene rings is 2. The van der Waals surface area contributed by atoms with Gasteiger partial charge in [-0.25, -0.2) is 0 Å². The molecule has 2 aromatic rings. The van der Waals surface area contributed by atoms with Gasteiger partial charge < -0.3 is 20.5 Å². The molecule has 0 saturated heterocycles. The first kappa shape index (κ1) is 26.2. The Hall–Kier alpha value is -3.02. The number of nitrogens with one attached hydrogen (secondary N) is 2. The summed E-state index contributed by atoms with van der Waals surface area (Å²) >= 11 is 0. The van der Waals surface area contributed by atoms with Crippen molar-refractivity contribution in [3.63, 3.8) is 0 Å². The standard InChI is InChI=1S/C27H38N2O4/c1-7-8-9-10-18(21-13-12-20(30)17-24(21)33-6)16-25(31)29-23-15-19(26(32)28-5)11-14-22(23)27(2,3)4/h11-15,17-18,30H,7-10,16H2,1-6H3,(H,28,32)(H,29,31). The summed E-state index contributed by atoms with van der Waals surface area (Å²) in [6, 6.07) is 10.5. The third-order valence-electron chi connectivity index (χ3n) is 5.84. The highest BCUT2D eigenvalue weighted by molar-refractivity contribution is 5.98. The maximum absolute atomic E-state index is 13.2. The fraction of sp³-hybridized carbons (Fsp3) is 0.481. The van der Waals surface area contributed by atoms with Crippen LogP contribution in [0.5, 0.6) is 11.5 Å². The lowest BCUT2D eigenvalue weighted by molar-refractivity contribution is -0.116. The number of unbranched alkanes of at least 4 members (excludes halogenated alkanes) is 2. The van der Waals surface area contributed by atoms with Gasteiger partial charge in [0.25, 0.3) is 5.91 Å². The van der Waals surface area contributed by atoms with Crippen LogP contribution < -0.4 is 15.4 Å². The molecule has 2 rings (SSSR count). The summed E-state index contributed by atoms with van der Waals surface area (Å²) in [5.41, 5.74) is 2.83. The molecule has 6 heteroatoms. The number of ether oxygens (including phenoxy) is 1. The molecule has 0 aliphatic rings. The summed E-state index contributed by atoms with van der Waals surface area (Å²) in [4.78, 5) is 25.4. The van der Waals surface area contributed by atoms with E-state index in [0.717, 1.165) is 36.8 Å². The topological polar surface area (TPSA) is 87.7 Å². The first-order valence-electron chi connectivity index (χ1n) is 11.6. The molecule has 0 spiro atoms. The molecule has 180 valence electrons. The van der Waals surface area contributed by atoms with Crippen molar-refractivity contribution in [2.45, 2.75) is 71.1 Å². The largest absolute Gasteiger partial charge is 0.508 e. The molecule has 0 aliphatic heterocycles. The van der Waals surface area contributed by atoms with Crippen molar-refractivity contribution in [3.8, 4) is 11.5 Å². The van der Waals surface area contributed by atoms with E-state index >= 15 is 0 Å². The van der Waals surface area contributed by atoms with Crippen LogP contribution in [0.4, 0.5) is 5.69 Å². The van der Waals surface area contributed by atoms with E-state index in [2.05, 4.69) is 38.3 Å². The second-order valence-electron chi connectivity index (χ2n) is 9.46. The fourth-order valence-electron chi connectivity index (χ4n) is 4.06. The van der Waals surface area contributed by atoms with Crippen LogP contribution in [0.2, 0.25) is 0 Å². The van der Waals surface area contributed by atoms with E-state index in [-0.39, 0.29) is 35.3 Å². The van der Waals surface area contributed by atoms with Crippen LogP contribution in [0.15, 0.2) is 36.4 Å². The molecule has 3 N–H and O–H groups in total. The first-order chi connectivity index (χ1) is 15.6. The summed E-state index contributed by atoms with van der Waals surface area (Å²) in [5.74, 6) is 0.352. The molecule has 0 fully saturated rings. The van der Waals surface area contributed by atoms with Gasteiger partial charge in [0.15, 0.2) is 0 Å². The van der Waals surface area contributed by atoms with Gasteiger partial charge in [0, 0.05) is 30.8 Å². The average molecular weight is 455 g/mol. The number of hydrogen-bond acceptors (Lipinski definition) is 4. The molecular formula is C27H38N2O4. The fourth-order valence-corrected chi connectivity index (χ4v) is 4.06. The molecule has 0 aliphatic carbocycles. The Morgan fingerprint density at radius 3 is 2.42 bits per heavy atom. The number of phenols is 1. The van der Waals surface area contributed by atoms with Crippen LogP contribution in [-0.2, 0) is 10.2 Å². The highest BCUT2D eigenvalue weighted by atomic mass is 16.5. The SMILES string of the molecule is CCCCCC(CC(=O)Nc1cc(C(=O)NC)ccc1C(C)(C)C)c1ccc(O)cc1OC. The molecule has 0 radical (unpaired) electrons. The number of carbonyl (C=O) groups is 2. The normalized spacial score (nSPS) is 12.2. The Balaban J connectivity index is 2.34. The van der Waals surface area contributed by atoms with Crippen LogP contribution in [0, 0.1) is 0 Å². The van der Waals surface area contributed by atoms with Gasteiger partial charge in [-0.05, 0) is 47.1 Å². The summed E-state index contributed by atoms with van der Waals surface area (Å²) in [5, 5.41) is 15.5. The molecule has 0 heterocycles. The zero-order valence-corrected chi connectivity index (χ0v) is 20.7. The van der Waals surface area contributed by atoms with Crippen LogP contribution >= 0.6 is 0 Å². The van der Waals surface area contributed by atoms with E-state index in [9.17, 15) is 14.7 Å². The Morgan fingerprint density at radius 1 is 1.09 bits per heavy atom. The maximum atomic E-state index is 13.2. The summed E-state index contributed by atoms with van der Waals surface area (Å²) in [6.07, 6.45) is 4.29. The molecule has 2 aromatic carbocycles. The highest BCUT2D eigenvalue weighted by Gasteiger charge is 2.24. The minimum absolute atomic E-state index is 0.0488. The molecule has 2 amide bonds. The number of amides is 2. The number of rotatable bonds is 10. The van der Waals surface area contributed by atoms with Crippen molar-refractivity contribution in [1.29, 1.82) is 0 Å². The average Bonchev–Trinajstić information content (AvgIpc) is 2.77. The number of hydrogen-bond donors (Lipinski definition) is 3. The number of anilines is 1. The first-order valence-corrected chi connectivity index (χ1v) is 11.6. The minimum Gasteiger partial charge on any atom is -0.508 e. The molecule has 6 nitrogen and oxygen atoms in total. The number of phenolic OH excluding ortho intramolecular Hbond substituents is 1. The monoisotopic (exact) mass is 454 g/mol. The minimum atomic E-state index is -0.204. The smallest absolute Gasteiger partial charge is 0.251 e. The molecule has 0 aromatic heterocycles. The van der Waals surface area contributed by atoms with Crippen molar-refractivity contribution in [2.75, 3.05) is 19.5 Å². The predicted octanol–water partition coefficient (Wildman–Crippen LogP) is 5.75. The lowest BCUT2D eigenvalue weighted by Crippen LogP contribution is -2.22. The molecule has 1 unspecified atom stereocenters. The predicted molar refractivity (Wildman–Crippen MR) is 133 cm³/mol. The summed E-state index contributed by atoms with van der Waals surface area (Å²) in [6.45, 7) is 8.38. The van der Waals surface area contributed by atoms with E-state index in [0.29, 0.717) is 17.0 Å². The Bertz CT molecular complexity index is 963. The van der Waals surface area contributed by atoms with E-state index in [4.69, 9.17) is 4.74 Å². The zero-order chi connectivity index (χ0) is 24.6. The molecule has 1 atom stereocenters. The Labute approximate surface area is 197 Å². The Kier molecular flexibility index (Phi) is 9.32. The molecule has 0 bridgehead atoms. The van der Waals surface area contributed by atoms with Gasteiger partial charge in [0.2, 0.25) is 5.91 Å². The number of methoxy groups -OCH3 is 1. The maximum Gasteiger partial charge on any atom is 0.251 e. The van der Waals surface area contributed by atoms with Crippen LogP contribution in [0.3, 0.4) is 0 Å². The van der Waals surface area contributed by atoms with Crippen LogP contribution in [0.25, 0.3) is 0 Å². The van der Waals surface area contributed by atoms with E-state index in [1.54, 1.807) is 38.4 Å². The second kappa shape index (κ2) is 11.7. The van der Waals surface area contributed by atoms with Gasteiger partial charge in [-0.15, -0.1) is 0 Å². The summed E-state index contributed by atoms with van der Waals surface area (Å²) < 4.78 is 5.50. The second-order valence-corrected chi connectivity index (χ2v) is 9.46. The van der Waals surface area contributed by atoms with Crippen LogP contribution in [-0.4, -0.2) is 31.1 Å². The Morgan fingerprint density at radius 2 is 1.82 bits per heavy atom. The highest BCUT2D eigenvalue weighted by Crippen LogP contribution is 2.36. The van der Waals surface area contributed by atoms with Crippen molar-refractivity contribution in [3.05, 3.63) is 53.1 Å². The van der Waals surface area contributed by atoms with Crippen molar-refractivity contribution >= 4 is 17.5 Å². The van der Waals surface area contributed by atoms with Gasteiger partial charge in [-0.2, -0.15) is 0 Å². The van der Waals surface area contributed by atoms with Gasteiger partial charge in [-0.1, -0.05) is 59.1 Å². The van der Waals surface area contributed by atoms with Gasteiger partial charge in [0.05, 0.1) is 7.11 Å².